The maximum atomic E-state index is 6.19. The van der Waals surface area contributed by atoms with Gasteiger partial charge in [-0.15, -0.1) is 0 Å². The molecule has 0 aliphatic carbocycles. The molecule has 0 bridgehead atoms. The van der Waals surface area contributed by atoms with E-state index in [0.717, 1.165) is 35.7 Å². The number of benzene rings is 1. The van der Waals surface area contributed by atoms with Gasteiger partial charge in [-0.05, 0) is 51.1 Å². The van der Waals surface area contributed by atoms with E-state index in [1.54, 1.807) is 14.2 Å². The summed E-state index contributed by atoms with van der Waals surface area (Å²) in [6.07, 6.45) is 2.41. The van der Waals surface area contributed by atoms with Crippen molar-refractivity contribution in [3.8, 4) is 22.6 Å². The van der Waals surface area contributed by atoms with E-state index in [0.29, 0.717) is 30.0 Å². The van der Waals surface area contributed by atoms with Crippen LogP contribution in [0.3, 0.4) is 0 Å². The molecule has 1 aliphatic rings. The summed E-state index contributed by atoms with van der Waals surface area (Å²) in [5.74, 6) is 2.92. The number of nitrogens with two attached hydrogens (primary N) is 1. The standard InChI is InChI=1S/C20H29N5O2/c1-13-18(19(21)24-20(22-2)23-13)15-7-8-16(26-4)17(10-15)27-12-14-6-5-9-25(3)11-14/h7-8,10,14H,5-6,9,11-12H2,1-4H3,(H3,21,22,23,24). The zero-order chi connectivity index (χ0) is 19.4. The van der Waals surface area contributed by atoms with Crippen molar-refractivity contribution in [2.75, 3.05) is 52.0 Å². The van der Waals surface area contributed by atoms with Crippen molar-refractivity contribution in [1.29, 1.82) is 0 Å². The molecule has 1 saturated heterocycles. The highest BCUT2D eigenvalue weighted by atomic mass is 16.5. The van der Waals surface area contributed by atoms with Crippen LogP contribution in [0, 0.1) is 12.8 Å². The van der Waals surface area contributed by atoms with Crippen LogP contribution < -0.4 is 20.5 Å². The van der Waals surface area contributed by atoms with Gasteiger partial charge in [-0.2, -0.15) is 4.98 Å². The van der Waals surface area contributed by atoms with Crippen LogP contribution in [-0.2, 0) is 0 Å². The van der Waals surface area contributed by atoms with E-state index in [9.17, 15) is 0 Å². The number of aromatic nitrogens is 2. The normalized spacial score (nSPS) is 17.6. The Kier molecular flexibility index (Phi) is 6.01. The zero-order valence-corrected chi connectivity index (χ0v) is 16.6. The Balaban J connectivity index is 1.85. The number of piperidine rings is 1. The number of aryl methyl sites for hydroxylation is 1. The molecule has 146 valence electrons. The highest BCUT2D eigenvalue weighted by Crippen LogP contribution is 2.36. The van der Waals surface area contributed by atoms with Gasteiger partial charge in [0.25, 0.3) is 0 Å². The predicted octanol–water partition coefficient (Wildman–Crippen LogP) is 2.81. The molecule has 7 heteroatoms. The molecule has 0 radical (unpaired) electrons. The Morgan fingerprint density at radius 2 is 2.11 bits per heavy atom. The smallest absolute Gasteiger partial charge is 0.224 e. The van der Waals surface area contributed by atoms with Gasteiger partial charge in [-0.25, -0.2) is 4.98 Å². The molecule has 2 aromatic rings. The summed E-state index contributed by atoms with van der Waals surface area (Å²) in [6.45, 7) is 4.83. The van der Waals surface area contributed by atoms with Crippen molar-refractivity contribution < 1.29 is 9.47 Å². The average molecular weight is 371 g/mol. The fourth-order valence-electron chi connectivity index (χ4n) is 3.63. The number of nitrogen functional groups attached to an aromatic ring is 1. The molecule has 0 amide bonds. The average Bonchev–Trinajstić information content (AvgIpc) is 2.66. The molecule has 27 heavy (non-hydrogen) atoms. The Morgan fingerprint density at radius 3 is 2.78 bits per heavy atom. The Hall–Kier alpha value is -2.54. The second-order valence-electron chi connectivity index (χ2n) is 7.09. The lowest BCUT2D eigenvalue weighted by molar-refractivity contribution is 0.148. The minimum absolute atomic E-state index is 0.442. The molecule has 1 aliphatic heterocycles. The van der Waals surface area contributed by atoms with E-state index >= 15 is 0 Å². The second kappa shape index (κ2) is 8.43. The number of ether oxygens (including phenoxy) is 2. The van der Waals surface area contributed by atoms with Crippen molar-refractivity contribution in [3.05, 3.63) is 23.9 Å². The van der Waals surface area contributed by atoms with E-state index in [2.05, 4.69) is 27.2 Å². The van der Waals surface area contributed by atoms with Gasteiger partial charge in [0.1, 0.15) is 5.82 Å². The van der Waals surface area contributed by atoms with E-state index in [4.69, 9.17) is 15.2 Å². The number of methoxy groups -OCH3 is 1. The largest absolute Gasteiger partial charge is 0.493 e. The molecule has 0 spiro atoms. The highest BCUT2D eigenvalue weighted by molar-refractivity contribution is 5.78. The summed E-state index contributed by atoms with van der Waals surface area (Å²) < 4.78 is 11.6. The minimum Gasteiger partial charge on any atom is -0.493 e. The van der Waals surface area contributed by atoms with Gasteiger partial charge in [0.05, 0.1) is 19.4 Å². The van der Waals surface area contributed by atoms with Crippen LogP contribution >= 0.6 is 0 Å². The third-order valence-electron chi connectivity index (χ3n) is 4.99. The van der Waals surface area contributed by atoms with Gasteiger partial charge in [0.15, 0.2) is 11.5 Å². The first-order chi connectivity index (χ1) is 13.0. The van der Waals surface area contributed by atoms with Crippen LogP contribution in [0.5, 0.6) is 11.5 Å². The number of hydrogen-bond acceptors (Lipinski definition) is 7. The van der Waals surface area contributed by atoms with Gasteiger partial charge < -0.3 is 25.4 Å². The molecule has 3 N–H and O–H groups in total. The third kappa shape index (κ3) is 4.42. The fraction of sp³-hybridized carbons (Fsp3) is 0.500. The van der Waals surface area contributed by atoms with Crippen LogP contribution in [0.2, 0.25) is 0 Å². The number of rotatable bonds is 6. The maximum absolute atomic E-state index is 6.19. The SMILES string of the molecule is CNc1nc(C)c(-c2ccc(OC)c(OCC3CCCN(C)C3)c2)c(N)n1. The zero-order valence-electron chi connectivity index (χ0n) is 16.6. The van der Waals surface area contributed by atoms with Crippen LogP contribution in [0.1, 0.15) is 18.5 Å². The summed E-state index contributed by atoms with van der Waals surface area (Å²) in [5, 5.41) is 2.93. The minimum atomic E-state index is 0.442. The van der Waals surface area contributed by atoms with Crippen molar-refractivity contribution in [3.63, 3.8) is 0 Å². The number of nitrogens with zero attached hydrogens (tertiary/aromatic N) is 3. The van der Waals surface area contributed by atoms with Crippen molar-refractivity contribution in [1.82, 2.24) is 14.9 Å². The first-order valence-electron chi connectivity index (χ1n) is 9.33. The lowest BCUT2D eigenvalue weighted by Gasteiger charge is -2.29. The number of anilines is 2. The molecule has 2 heterocycles. The van der Waals surface area contributed by atoms with E-state index < -0.39 is 0 Å². The fourth-order valence-corrected chi connectivity index (χ4v) is 3.63. The first-order valence-corrected chi connectivity index (χ1v) is 9.33. The van der Waals surface area contributed by atoms with Crippen LogP contribution in [0.25, 0.3) is 11.1 Å². The quantitative estimate of drug-likeness (QED) is 0.807. The van der Waals surface area contributed by atoms with Gasteiger partial charge in [0.2, 0.25) is 5.95 Å². The molecule has 1 aromatic heterocycles. The first kappa shape index (κ1) is 19.2. The van der Waals surface area contributed by atoms with Crippen LogP contribution in [0.4, 0.5) is 11.8 Å². The lowest BCUT2D eigenvalue weighted by atomic mass is 9.99. The van der Waals surface area contributed by atoms with E-state index in [1.807, 2.05) is 25.1 Å². The highest BCUT2D eigenvalue weighted by Gasteiger charge is 2.19. The van der Waals surface area contributed by atoms with Crippen LogP contribution in [-0.4, -0.2) is 55.8 Å². The number of likely N-dealkylation sites (tertiary alicyclic amines) is 1. The van der Waals surface area contributed by atoms with E-state index in [1.165, 1.54) is 12.8 Å². The van der Waals surface area contributed by atoms with Crippen LogP contribution in [0.15, 0.2) is 18.2 Å². The summed E-state index contributed by atoms with van der Waals surface area (Å²) in [4.78, 5) is 11.1. The lowest BCUT2D eigenvalue weighted by Crippen LogP contribution is -2.34. The van der Waals surface area contributed by atoms with Crippen molar-refractivity contribution in [2.45, 2.75) is 19.8 Å². The molecule has 1 fully saturated rings. The predicted molar refractivity (Wildman–Crippen MR) is 108 cm³/mol. The molecule has 0 saturated carbocycles. The summed E-state index contributed by atoms with van der Waals surface area (Å²) in [6, 6.07) is 5.83. The molecule has 1 atom stereocenters. The maximum Gasteiger partial charge on any atom is 0.224 e. The van der Waals surface area contributed by atoms with E-state index in [-0.39, 0.29) is 0 Å². The summed E-state index contributed by atoms with van der Waals surface area (Å²) in [7, 11) is 5.59. The van der Waals surface area contributed by atoms with Gasteiger partial charge >= 0.3 is 0 Å². The van der Waals surface area contributed by atoms with Crippen molar-refractivity contribution in [2.24, 2.45) is 5.92 Å². The Bertz CT molecular complexity index is 773. The summed E-state index contributed by atoms with van der Waals surface area (Å²) in [5.41, 5.74) is 8.74. The molecule has 7 nitrogen and oxygen atoms in total. The second-order valence-corrected chi connectivity index (χ2v) is 7.09. The molecular weight excluding hydrogens is 342 g/mol. The van der Waals surface area contributed by atoms with Gasteiger partial charge in [-0.3, -0.25) is 0 Å². The van der Waals surface area contributed by atoms with Gasteiger partial charge in [0, 0.05) is 25.1 Å². The Labute approximate surface area is 160 Å². The Morgan fingerprint density at radius 1 is 1.30 bits per heavy atom. The monoisotopic (exact) mass is 371 g/mol. The molecule has 3 rings (SSSR count). The number of nitrogens with one attached hydrogen (secondary N) is 1. The molecule has 1 aromatic carbocycles. The molecule has 1 unspecified atom stereocenters. The van der Waals surface area contributed by atoms with Gasteiger partial charge in [-0.1, -0.05) is 6.07 Å². The third-order valence-corrected chi connectivity index (χ3v) is 4.99. The topological polar surface area (TPSA) is 85.5 Å². The summed E-state index contributed by atoms with van der Waals surface area (Å²) >= 11 is 0. The molecular formula is C20H29N5O2. The number of hydrogen-bond donors (Lipinski definition) is 2. The van der Waals surface area contributed by atoms with Crippen molar-refractivity contribution >= 4 is 11.8 Å².